The van der Waals surface area contributed by atoms with Gasteiger partial charge in [0.1, 0.15) is 36.5 Å². The molecular formula is C48H70N10O8. The molecule has 0 heterocycles. The Kier molecular flexibility index (Phi) is 23.3. The summed E-state index contributed by atoms with van der Waals surface area (Å²) in [5.41, 5.74) is 18.3. The van der Waals surface area contributed by atoms with Gasteiger partial charge in [-0.25, -0.2) is 5.84 Å². The summed E-state index contributed by atoms with van der Waals surface area (Å²) in [6.07, 6.45) is 8.17. The van der Waals surface area contributed by atoms with E-state index in [9.17, 15) is 28.8 Å². The molecule has 18 heteroatoms. The first-order valence-corrected chi connectivity index (χ1v) is 22.6. The third-order valence-corrected chi connectivity index (χ3v) is 10.9. The summed E-state index contributed by atoms with van der Waals surface area (Å²) in [5, 5.41) is 11.3. The van der Waals surface area contributed by atoms with E-state index in [1.165, 1.54) is 38.1 Å². The molecule has 2 unspecified atom stereocenters. The highest BCUT2D eigenvalue weighted by molar-refractivity contribution is 6.39. The zero-order valence-corrected chi connectivity index (χ0v) is 39.1. The highest BCUT2D eigenvalue weighted by Crippen LogP contribution is 2.40. The molecule has 0 aliphatic rings. The third-order valence-electron chi connectivity index (χ3n) is 10.9. The number of ketones is 2. The lowest BCUT2D eigenvalue weighted by molar-refractivity contribution is -0.138. The van der Waals surface area contributed by atoms with Crippen molar-refractivity contribution < 1.29 is 38.2 Å². The van der Waals surface area contributed by atoms with E-state index in [1.54, 1.807) is 30.3 Å². The SMILES string of the molecule is CCCCCCCc1ccc(C(=O)NCC(=O)N(C)C(C(=O)NCC(C)=O)c2ccc(OCCN)c(-c3cc(CC(CCC)C(=O)NCC(=O)C(=NN)NN)ccc3OCCN)c2)c(C)c1. The molecule has 3 rings (SSSR count). The number of rotatable bonds is 29. The van der Waals surface area contributed by atoms with Crippen LogP contribution in [0.1, 0.15) is 104 Å². The Morgan fingerprint density at radius 1 is 0.742 bits per heavy atom. The molecule has 0 bridgehead atoms. The van der Waals surface area contributed by atoms with Crippen LogP contribution in [0.2, 0.25) is 0 Å². The number of hydrogen-bond acceptors (Lipinski definition) is 13. The zero-order chi connectivity index (χ0) is 48.6. The van der Waals surface area contributed by atoms with Crippen LogP contribution in [-0.4, -0.2) is 98.9 Å². The van der Waals surface area contributed by atoms with Gasteiger partial charge in [-0.15, -0.1) is 0 Å². The predicted octanol–water partition coefficient (Wildman–Crippen LogP) is 2.86. The van der Waals surface area contributed by atoms with Crippen LogP contribution < -0.4 is 54.0 Å². The van der Waals surface area contributed by atoms with Gasteiger partial charge in [-0.05, 0) is 92.1 Å². The van der Waals surface area contributed by atoms with Crippen LogP contribution >= 0.6 is 0 Å². The first-order valence-electron chi connectivity index (χ1n) is 22.6. The highest BCUT2D eigenvalue weighted by atomic mass is 16.5. The maximum absolute atomic E-state index is 14.0. The summed E-state index contributed by atoms with van der Waals surface area (Å²) < 4.78 is 12.2. The van der Waals surface area contributed by atoms with Gasteiger partial charge in [0, 0.05) is 42.7 Å². The Balaban J connectivity index is 2.02. The van der Waals surface area contributed by atoms with E-state index in [4.69, 9.17) is 32.6 Å². The quantitative estimate of drug-likeness (QED) is 0.0164. The number of carbonyl (C=O) groups is 6. The lowest BCUT2D eigenvalue weighted by Crippen LogP contribution is -2.46. The summed E-state index contributed by atoms with van der Waals surface area (Å²) >= 11 is 0. The fourth-order valence-corrected chi connectivity index (χ4v) is 7.42. The molecule has 0 saturated heterocycles. The molecule has 4 amide bonds. The lowest BCUT2D eigenvalue weighted by Gasteiger charge is -2.29. The summed E-state index contributed by atoms with van der Waals surface area (Å²) in [6, 6.07) is 14.8. The van der Waals surface area contributed by atoms with Crippen molar-refractivity contribution in [3.05, 3.63) is 82.4 Å². The van der Waals surface area contributed by atoms with Crippen LogP contribution in [0.5, 0.6) is 11.5 Å². The Hall–Kier alpha value is -6.37. The largest absolute Gasteiger partial charge is 0.492 e. The summed E-state index contributed by atoms with van der Waals surface area (Å²) in [7, 11) is 1.45. The van der Waals surface area contributed by atoms with Crippen molar-refractivity contribution in [2.24, 2.45) is 34.2 Å². The van der Waals surface area contributed by atoms with Gasteiger partial charge in [0.25, 0.3) is 5.91 Å². The minimum absolute atomic E-state index is 0.139. The minimum atomic E-state index is -1.27. The molecule has 12 N–H and O–H groups in total. The highest BCUT2D eigenvalue weighted by Gasteiger charge is 2.31. The molecule has 0 radical (unpaired) electrons. The van der Waals surface area contributed by atoms with Crippen LogP contribution in [0.15, 0.2) is 59.7 Å². The molecule has 18 nitrogen and oxygen atoms in total. The van der Waals surface area contributed by atoms with Crippen LogP contribution in [-0.2, 0) is 36.8 Å². The Morgan fingerprint density at radius 3 is 1.98 bits per heavy atom. The lowest BCUT2D eigenvalue weighted by atomic mass is 9.91. The second kappa shape index (κ2) is 28.5. The monoisotopic (exact) mass is 915 g/mol. The third kappa shape index (κ3) is 16.6. The average Bonchev–Trinajstić information content (AvgIpc) is 3.30. The van der Waals surface area contributed by atoms with Crippen molar-refractivity contribution in [2.75, 3.05) is 53.0 Å². The number of carbonyl (C=O) groups excluding carboxylic acids is 6. The van der Waals surface area contributed by atoms with E-state index in [0.29, 0.717) is 46.6 Å². The number of likely N-dealkylation sites (N-methyl/N-ethyl adjacent to an activating group) is 1. The minimum Gasteiger partial charge on any atom is -0.492 e. The number of amidine groups is 1. The molecule has 2 atom stereocenters. The van der Waals surface area contributed by atoms with Gasteiger partial charge in [-0.3, -0.25) is 28.8 Å². The number of amides is 4. The van der Waals surface area contributed by atoms with Crippen molar-refractivity contribution in [3.63, 3.8) is 0 Å². The topological polar surface area (TPSA) is 289 Å². The number of aryl methyl sites for hydroxylation is 2. The number of benzene rings is 3. The van der Waals surface area contributed by atoms with Gasteiger partial charge in [0.15, 0.2) is 0 Å². The fourth-order valence-electron chi connectivity index (χ4n) is 7.42. The van der Waals surface area contributed by atoms with Crippen LogP contribution in [0.4, 0.5) is 0 Å². The van der Waals surface area contributed by atoms with Gasteiger partial charge >= 0.3 is 0 Å². The van der Waals surface area contributed by atoms with Crippen molar-refractivity contribution in [1.29, 1.82) is 0 Å². The number of hydrazone groups is 1. The summed E-state index contributed by atoms with van der Waals surface area (Å²) in [4.78, 5) is 80.5. The number of hydrogen-bond donors (Lipinski definition) is 8. The molecular weight excluding hydrogens is 845 g/mol. The molecule has 0 saturated carbocycles. The number of unbranched alkanes of at least 4 members (excludes halogenated alkanes) is 4. The summed E-state index contributed by atoms with van der Waals surface area (Å²) in [6.45, 7) is 6.95. The van der Waals surface area contributed by atoms with E-state index >= 15 is 0 Å². The molecule has 0 aromatic heterocycles. The molecule has 66 heavy (non-hydrogen) atoms. The average molecular weight is 915 g/mol. The molecule has 0 spiro atoms. The molecule has 0 aliphatic carbocycles. The number of Topliss-reactive ketones (excluding diaryl/α,β-unsaturated/α-hetero) is 2. The number of nitrogens with one attached hydrogen (secondary N) is 4. The number of hydrazine groups is 1. The standard InChI is InChI=1S/C48H70N10O8/c1-6-8-9-10-11-13-33-14-17-37(31(3)24-33)47(63)55-30-43(61)58(5)44(48(64)53-28-32(4)59)35-16-19-42(66-23-21-50)39(27-35)38-26-34(15-18-41(38)65-22-20-49)25-36(12-7-2)46(62)54-29-40(60)45(56-51)57-52/h14-19,24,26-27,36,44H,6-13,20-23,25,28-30,49-52H2,1-5H3,(H,53,64)(H,54,62)(H,55,63)(H,56,57). The first-order chi connectivity index (χ1) is 31.7. The second-order valence-corrected chi connectivity index (χ2v) is 16.1. The molecule has 360 valence electrons. The maximum atomic E-state index is 14.0. The number of nitrogens with zero attached hydrogens (tertiary/aromatic N) is 2. The maximum Gasteiger partial charge on any atom is 0.251 e. The van der Waals surface area contributed by atoms with Crippen LogP contribution in [0.25, 0.3) is 11.1 Å². The Bertz CT molecular complexity index is 2150. The molecule has 0 fully saturated rings. The smallest absolute Gasteiger partial charge is 0.251 e. The molecule has 0 aliphatic heterocycles. The predicted molar refractivity (Wildman–Crippen MR) is 255 cm³/mol. The molecule has 3 aromatic carbocycles. The van der Waals surface area contributed by atoms with E-state index in [0.717, 1.165) is 36.0 Å². The van der Waals surface area contributed by atoms with Gasteiger partial charge < -0.3 is 53.1 Å². The zero-order valence-electron chi connectivity index (χ0n) is 39.1. The van der Waals surface area contributed by atoms with E-state index in [-0.39, 0.29) is 63.3 Å². The number of ether oxygens (including phenoxy) is 2. The van der Waals surface area contributed by atoms with Crippen molar-refractivity contribution in [1.82, 2.24) is 26.3 Å². The van der Waals surface area contributed by atoms with E-state index in [2.05, 4.69) is 33.4 Å². The van der Waals surface area contributed by atoms with Gasteiger partial charge in [0.2, 0.25) is 29.3 Å². The summed E-state index contributed by atoms with van der Waals surface area (Å²) in [5.74, 6) is 7.61. The number of nitrogens with two attached hydrogens (primary N) is 4. The normalized spacial score (nSPS) is 12.1. The fraction of sp³-hybridized carbons (Fsp3) is 0.479. The van der Waals surface area contributed by atoms with E-state index < -0.39 is 42.0 Å². The van der Waals surface area contributed by atoms with E-state index in [1.807, 2.05) is 38.1 Å². The van der Waals surface area contributed by atoms with Crippen molar-refractivity contribution in [2.45, 2.75) is 91.5 Å². The van der Waals surface area contributed by atoms with Gasteiger partial charge in [-0.1, -0.05) is 70.2 Å². The second-order valence-electron chi connectivity index (χ2n) is 16.1. The Labute approximate surface area is 388 Å². The first kappa shape index (κ1) is 54.0. The van der Waals surface area contributed by atoms with Gasteiger partial charge in [0.05, 0.1) is 19.6 Å². The Morgan fingerprint density at radius 2 is 1.38 bits per heavy atom. The van der Waals surface area contributed by atoms with Crippen LogP contribution in [0, 0.1) is 12.8 Å². The van der Waals surface area contributed by atoms with Crippen molar-refractivity contribution >= 4 is 41.0 Å². The molecule has 3 aromatic rings. The van der Waals surface area contributed by atoms with Crippen LogP contribution in [0.3, 0.4) is 0 Å². The van der Waals surface area contributed by atoms with Gasteiger partial charge in [-0.2, -0.15) is 5.10 Å². The van der Waals surface area contributed by atoms with Crippen molar-refractivity contribution in [3.8, 4) is 22.6 Å².